The van der Waals surface area contributed by atoms with E-state index in [0.29, 0.717) is 6.54 Å². The summed E-state index contributed by atoms with van der Waals surface area (Å²) in [6, 6.07) is 7.87. The highest BCUT2D eigenvalue weighted by molar-refractivity contribution is 14.0. The first-order valence-corrected chi connectivity index (χ1v) is 7.73. The van der Waals surface area contributed by atoms with Gasteiger partial charge in [-0.05, 0) is 51.8 Å². The maximum atomic E-state index is 11.0. The van der Waals surface area contributed by atoms with Crippen LogP contribution < -0.4 is 16.0 Å². The average Bonchev–Trinajstić information content (AvgIpc) is 2.38. The third kappa shape index (κ3) is 10.1. The molecule has 1 amide bonds. The van der Waals surface area contributed by atoms with E-state index in [9.17, 15) is 4.79 Å². The number of benzene rings is 1. The second-order valence-corrected chi connectivity index (χ2v) is 6.26. The Labute approximate surface area is 156 Å². The molecule has 0 saturated heterocycles. The Balaban J connectivity index is 0.00000484. The number of hydrogen-bond acceptors (Lipinski definition) is 2. The van der Waals surface area contributed by atoms with Crippen LogP contribution in [-0.2, 0) is 11.2 Å². The molecule has 0 atom stereocenters. The molecule has 1 aromatic carbocycles. The Morgan fingerprint density at radius 1 is 1.17 bits per heavy atom. The number of hydrogen-bond donors (Lipinski definition) is 3. The largest absolute Gasteiger partial charge is 0.357 e. The summed E-state index contributed by atoms with van der Waals surface area (Å²) in [7, 11) is 0. The van der Waals surface area contributed by atoms with Gasteiger partial charge in [-0.3, -0.25) is 9.79 Å². The van der Waals surface area contributed by atoms with Crippen molar-refractivity contribution in [2.45, 2.75) is 46.6 Å². The third-order valence-electron chi connectivity index (χ3n) is 2.78. The van der Waals surface area contributed by atoms with E-state index in [0.717, 1.165) is 24.6 Å². The van der Waals surface area contributed by atoms with Crippen LogP contribution in [0.4, 0.5) is 5.69 Å². The van der Waals surface area contributed by atoms with Gasteiger partial charge in [0, 0.05) is 31.2 Å². The van der Waals surface area contributed by atoms with Crippen LogP contribution in [0.2, 0.25) is 0 Å². The number of nitrogens with one attached hydrogen (secondary N) is 3. The lowest BCUT2D eigenvalue weighted by atomic mass is 10.1. The molecule has 0 bridgehead atoms. The molecule has 0 aliphatic carbocycles. The average molecular weight is 432 g/mol. The Hall–Kier alpha value is -1.31. The fraction of sp³-hybridized carbons (Fsp3) is 0.529. The lowest BCUT2D eigenvalue weighted by Gasteiger charge is -2.23. The Kier molecular flexibility index (Phi) is 9.87. The number of carbonyl (C=O) groups is 1. The van der Waals surface area contributed by atoms with Gasteiger partial charge in [0.1, 0.15) is 0 Å². The number of halogens is 1. The first-order valence-electron chi connectivity index (χ1n) is 7.73. The molecule has 0 unspecified atom stereocenters. The molecule has 5 nitrogen and oxygen atoms in total. The van der Waals surface area contributed by atoms with Gasteiger partial charge in [-0.1, -0.05) is 12.1 Å². The van der Waals surface area contributed by atoms with Gasteiger partial charge in [-0.2, -0.15) is 0 Å². The number of carbonyl (C=O) groups excluding carboxylic acids is 1. The van der Waals surface area contributed by atoms with Crippen LogP contribution in [0, 0.1) is 0 Å². The van der Waals surface area contributed by atoms with Crippen molar-refractivity contribution in [1.29, 1.82) is 0 Å². The maximum absolute atomic E-state index is 11.0. The quantitative estimate of drug-likeness (QED) is 0.381. The molecule has 0 fully saturated rings. The fourth-order valence-electron chi connectivity index (χ4n) is 1.92. The van der Waals surface area contributed by atoms with Crippen LogP contribution in [0.3, 0.4) is 0 Å². The smallest absolute Gasteiger partial charge is 0.221 e. The van der Waals surface area contributed by atoms with Crippen LogP contribution in [-0.4, -0.2) is 30.5 Å². The van der Waals surface area contributed by atoms with E-state index in [2.05, 4.69) is 48.6 Å². The molecule has 3 N–H and O–H groups in total. The Morgan fingerprint density at radius 2 is 1.78 bits per heavy atom. The lowest BCUT2D eigenvalue weighted by Crippen LogP contribution is -2.47. The molecule has 1 aromatic rings. The van der Waals surface area contributed by atoms with E-state index >= 15 is 0 Å². The third-order valence-corrected chi connectivity index (χ3v) is 2.78. The van der Waals surface area contributed by atoms with Gasteiger partial charge < -0.3 is 16.0 Å². The number of amides is 1. The van der Waals surface area contributed by atoms with Gasteiger partial charge in [0.05, 0.1) is 0 Å². The van der Waals surface area contributed by atoms with Crippen molar-refractivity contribution >= 4 is 41.5 Å². The second kappa shape index (κ2) is 10.5. The first-order chi connectivity index (χ1) is 10.3. The zero-order chi connectivity index (χ0) is 16.6. The molecule has 0 spiro atoms. The molecule has 0 aliphatic heterocycles. The van der Waals surface area contributed by atoms with Gasteiger partial charge in [-0.15, -0.1) is 24.0 Å². The van der Waals surface area contributed by atoms with Crippen molar-refractivity contribution < 1.29 is 4.79 Å². The van der Waals surface area contributed by atoms with Crippen LogP contribution in [0.5, 0.6) is 0 Å². The Morgan fingerprint density at radius 3 is 2.26 bits per heavy atom. The van der Waals surface area contributed by atoms with Crippen LogP contribution >= 0.6 is 24.0 Å². The standard InChI is InChI=1S/C17H28N4O.HI/c1-6-18-16(21-17(3,4)5)19-12-11-14-7-9-15(10-8-14)20-13(2)22;/h7-10H,6,11-12H2,1-5H3,(H,20,22)(H2,18,19,21);1H. The maximum Gasteiger partial charge on any atom is 0.221 e. The highest BCUT2D eigenvalue weighted by Gasteiger charge is 2.11. The normalized spacial score (nSPS) is 11.4. The van der Waals surface area contributed by atoms with Crippen LogP contribution in [0.25, 0.3) is 0 Å². The summed E-state index contributed by atoms with van der Waals surface area (Å²) < 4.78 is 0. The summed E-state index contributed by atoms with van der Waals surface area (Å²) in [6.45, 7) is 11.5. The molecular formula is C17H29IN4O. The molecule has 130 valence electrons. The summed E-state index contributed by atoms with van der Waals surface area (Å²) in [5.41, 5.74) is 2.01. The number of aliphatic imine (C=N–C) groups is 1. The fourth-order valence-corrected chi connectivity index (χ4v) is 1.92. The molecule has 0 heterocycles. The molecule has 6 heteroatoms. The topological polar surface area (TPSA) is 65.5 Å². The SMILES string of the molecule is CCNC(=NCCc1ccc(NC(C)=O)cc1)NC(C)(C)C.I. The van der Waals surface area contributed by atoms with Crippen LogP contribution in [0.1, 0.15) is 40.2 Å². The highest BCUT2D eigenvalue weighted by atomic mass is 127. The van der Waals surface area contributed by atoms with Gasteiger partial charge in [0.2, 0.25) is 5.91 Å². The highest BCUT2D eigenvalue weighted by Crippen LogP contribution is 2.10. The van der Waals surface area contributed by atoms with Gasteiger partial charge >= 0.3 is 0 Å². The van der Waals surface area contributed by atoms with Crippen molar-refractivity contribution in [3.63, 3.8) is 0 Å². The molecule has 0 saturated carbocycles. The first kappa shape index (κ1) is 21.7. The monoisotopic (exact) mass is 432 g/mol. The molecular weight excluding hydrogens is 403 g/mol. The van der Waals surface area contributed by atoms with Gasteiger partial charge in [0.25, 0.3) is 0 Å². The number of anilines is 1. The number of guanidine groups is 1. The number of rotatable bonds is 5. The van der Waals surface area contributed by atoms with Crippen molar-refractivity contribution in [3.05, 3.63) is 29.8 Å². The summed E-state index contributed by atoms with van der Waals surface area (Å²) in [6.07, 6.45) is 0.862. The predicted molar refractivity (Wildman–Crippen MR) is 109 cm³/mol. The summed E-state index contributed by atoms with van der Waals surface area (Å²) in [5, 5.41) is 9.38. The van der Waals surface area contributed by atoms with Gasteiger partial charge in [0.15, 0.2) is 5.96 Å². The van der Waals surface area contributed by atoms with E-state index < -0.39 is 0 Å². The van der Waals surface area contributed by atoms with Crippen LogP contribution in [0.15, 0.2) is 29.3 Å². The molecule has 0 radical (unpaired) electrons. The molecule has 23 heavy (non-hydrogen) atoms. The van der Waals surface area contributed by atoms with E-state index in [1.807, 2.05) is 24.3 Å². The lowest BCUT2D eigenvalue weighted by molar-refractivity contribution is -0.114. The van der Waals surface area contributed by atoms with Gasteiger partial charge in [-0.25, -0.2) is 0 Å². The Bertz CT molecular complexity index is 506. The van der Waals surface area contributed by atoms with E-state index in [1.165, 1.54) is 12.5 Å². The van der Waals surface area contributed by atoms with E-state index in [1.54, 1.807) is 0 Å². The minimum Gasteiger partial charge on any atom is -0.357 e. The zero-order valence-corrected chi connectivity index (χ0v) is 17.0. The predicted octanol–water partition coefficient (Wildman–Crippen LogP) is 3.16. The summed E-state index contributed by atoms with van der Waals surface area (Å²) >= 11 is 0. The molecule has 0 aromatic heterocycles. The number of nitrogens with zero attached hydrogens (tertiary/aromatic N) is 1. The van der Waals surface area contributed by atoms with Crippen molar-refractivity contribution in [3.8, 4) is 0 Å². The van der Waals surface area contributed by atoms with Crippen molar-refractivity contribution in [2.24, 2.45) is 4.99 Å². The molecule has 0 aliphatic rings. The minimum atomic E-state index is -0.0547. The minimum absolute atomic E-state index is 0. The van der Waals surface area contributed by atoms with Crippen molar-refractivity contribution in [1.82, 2.24) is 10.6 Å². The zero-order valence-electron chi connectivity index (χ0n) is 14.7. The van der Waals surface area contributed by atoms with E-state index in [-0.39, 0.29) is 35.4 Å². The van der Waals surface area contributed by atoms with E-state index in [4.69, 9.17) is 0 Å². The second-order valence-electron chi connectivity index (χ2n) is 6.26. The summed E-state index contributed by atoms with van der Waals surface area (Å²) in [5.74, 6) is 0.783. The summed E-state index contributed by atoms with van der Waals surface area (Å²) in [4.78, 5) is 15.6. The van der Waals surface area contributed by atoms with Crippen molar-refractivity contribution in [2.75, 3.05) is 18.4 Å². The molecule has 1 rings (SSSR count).